The number of hydrogen-bond acceptors (Lipinski definition) is 11. The topological polar surface area (TPSA) is 163 Å². The first-order valence-electron chi connectivity index (χ1n) is 7.18. The lowest BCUT2D eigenvalue weighted by molar-refractivity contribution is -0.178. The highest BCUT2D eigenvalue weighted by molar-refractivity contribution is 7.86. The molecule has 148 valence electrons. The van der Waals surface area contributed by atoms with Crippen LogP contribution in [0.3, 0.4) is 0 Å². The number of ether oxygens (including phenoxy) is 2. The molecule has 0 spiro atoms. The van der Waals surface area contributed by atoms with Gasteiger partial charge in [0.15, 0.2) is 6.29 Å². The van der Waals surface area contributed by atoms with Gasteiger partial charge in [0, 0.05) is 5.92 Å². The first-order valence-corrected chi connectivity index (χ1v) is 10.8. The molecule has 1 aliphatic heterocycles. The lowest BCUT2D eigenvalue weighted by Crippen LogP contribution is -2.48. The molecule has 3 atom stereocenters. The molecule has 1 fully saturated rings. The van der Waals surface area contributed by atoms with Gasteiger partial charge in [-0.15, -0.1) is 0 Å². The second-order valence-corrected chi connectivity index (χ2v) is 8.90. The molecule has 1 aliphatic rings. The summed E-state index contributed by atoms with van der Waals surface area (Å²) in [6.07, 6.45) is -2.39. The summed E-state index contributed by atoms with van der Waals surface area (Å²) in [5.41, 5.74) is -1.91. The Morgan fingerprint density at radius 1 is 1.08 bits per heavy atom. The molecule has 0 aromatic heterocycles. The summed E-state index contributed by atoms with van der Waals surface area (Å²) in [7, 11) is -7.93. The number of aliphatic hydroxyl groups is 2. The molecule has 1 heterocycles. The van der Waals surface area contributed by atoms with Gasteiger partial charge in [0.1, 0.15) is 11.7 Å². The van der Waals surface area contributed by atoms with Gasteiger partial charge < -0.3 is 19.7 Å². The molecule has 1 rings (SSSR count). The van der Waals surface area contributed by atoms with Crippen molar-refractivity contribution < 1.29 is 49.7 Å². The van der Waals surface area contributed by atoms with Crippen LogP contribution < -0.4 is 0 Å². The van der Waals surface area contributed by atoms with E-state index in [2.05, 4.69) is 8.37 Å². The van der Waals surface area contributed by atoms with Crippen LogP contribution in [0.4, 0.5) is 0 Å². The van der Waals surface area contributed by atoms with Crippen LogP contribution in [0.1, 0.15) is 13.3 Å². The van der Waals surface area contributed by atoms with E-state index in [1.165, 1.54) is 0 Å². The molecule has 0 radical (unpaired) electrons. The van der Waals surface area contributed by atoms with Crippen LogP contribution in [0.5, 0.6) is 0 Å². The summed E-state index contributed by atoms with van der Waals surface area (Å²) in [5.74, 6) is -1.99. The summed E-state index contributed by atoms with van der Waals surface area (Å²) in [6.45, 7) is 0.0535. The standard InChI is InChI=1S/C12H22O11S2/c1-4-20-9(13)5-8-10(14)11(15)23-12(8,6-21-24(2,16)17)7-22-25(3,18)19/h8,10-11,14-15H,4-7H2,1-3H3/t8-,10+,11?/m0/s1. The van der Waals surface area contributed by atoms with Crippen molar-refractivity contribution in [1.82, 2.24) is 0 Å². The lowest BCUT2D eigenvalue weighted by Gasteiger charge is -2.32. The minimum Gasteiger partial charge on any atom is -0.466 e. The number of rotatable bonds is 9. The highest BCUT2D eigenvalue weighted by Crippen LogP contribution is 2.39. The van der Waals surface area contributed by atoms with Crippen molar-refractivity contribution in [2.45, 2.75) is 31.3 Å². The number of aliphatic hydroxyl groups excluding tert-OH is 2. The Hall–Kier alpha value is -0.830. The molecule has 11 nitrogen and oxygen atoms in total. The molecule has 25 heavy (non-hydrogen) atoms. The van der Waals surface area contributed by atoms with Gasteiger partial charge in [0.25, 0.3) is 20.2 Å². The zero-order valence-corrected chi connectivity index (χ0v) is 15.6. The largest absolute Gasteiger partial charge is 0.466 e. The Kier molecular flexibility index (Phi) is 7.32. The molecule has 0 aromatic rings. The van der Waals surface area contributed by atoms with E-state index in [-0.39, 0.29) is 6.61 Å². The fourth-order valence-electron chi connectivity index (χ4n) is 2.35. The summed E-state index contributed by atoms with van der Waals surface area (Å²) in [4.78, 5) is 11.8. The number of carbonyl (C=O) groups excluding carboxylic acids is 1. The summed E-state index contributed by atoms with van der Waals surface area (Å²) in [5, 5.41) is 19.8. The lowest BCUT2D eigenvalue weighted by atomic mass is 9.84. The normalized spacial score (nSPS) is 26.5. The van der Waals surface area contributed by atoms with Gasteiger partial charge in [-0.3, -0.25) is 13.2 Å². The Labute approximate surface area is 146 Å². The van der Waals surface area contributed by atoms with Crippen LogP contribution in [-0.4, -0.2) is 83.3 Å². The van der Waals surface area contributed by atoms with Gasteiger partial charge in [-0.25, -0.2) is 0 Å². The van der Waals surface area contributed by atoms with Crippen molar-refractivity contribution in [3.8, 4) is 0 Å². The van der Waals surface area contributed by atoms with Crippen LogP contribution in [0.25, 0.3) is 0 Å². The van der Waals surface area contributed by atoms with Gasteiger partial charge in [-0.1, -0.05) is 0 Å². The van der Waals surface area contributed by atoms with Crippen LogP contribution in [0.2, 0.25) is 0 Å². The first-order chi connectivity index (χ1) is 11.3. The zero-order valence-electron chi connectivity index (χ0n) is 13.9. The summed E-state index contributed by atoms with van der Waals surface area (Å²) < 4.78 is 64.3. The third-order valence-electron chi connectivity index (χ3n) is 3.46. The second-order valence-electron chi connectivity index (χ2n) is 5.61. The number of hydrogen-bond donors (Lipinski definition) is 2. The van der Waals surface area contributed by atoms with E-state index in [1.807, 2.05) is 0 Å². The van der Waals surface area contributed by atoms with Crippen molar-refractivity contribution in [2.75, 3.05) is 32.3 Å². The maximum atomic E-state index is 11.8. The Bertz CT molecular complexity index is 633. The molecule has 0 aromatic carbocycles. The smallest absolute Gasteiger partial charge is 0.306 e. The van der Waals surface area contributed by atoms with Gasteiger partial charge in [-0.05, 0) is 6.92 Å². The molecule has 1 unspecified atom stereocenters. The van der Waals surface area contributed by atoms with Gasteiger partial charge in [0.2, 0.25) is 0 Å². The maximum Gasteiger partial charge on any atom is 0.306 e. The highest BCUT2D eigenvalue weighted by Gasteiger charge is 2.56. The molecule has 0 saturated carbocycles. The van der Waals surface area contributed by atoms with E-state index in [0.29, 0.717) is 0 Å². The van der Waals surface area contributed by atoms with Crippen LogP contribution in [0.15, 0.2) is 0 Å². The van der Waals surface area contributed by atoms with E-state index in [1.54, 1.807) is 6.92 Å². The minimum absolute atomic E-state index is 0.0533. The van der Waals surface area contributed by atoms with Crippen molar-refractivity contribution in [2.24, 2.45) is 5.92 Å². The number of carbonyl (C=O) groups is 1. The Morgan fingerprint density at radius 3 is 1.96 bits per heavy atom. The van der Waals surface area contributed by atoms with E-state index in [4.69, 9.17) is 9.47 Å². The quantitative estimate of drug-likeness (QED) is 0.320. The van der Waals surface area contributed by atoms with Crippen LogP contribution >= 0.6 is 0 Å². The number of esters is 1. The van der Waals surface area contributed by atoms with Crippen LogP contribution in [-0.2, 0) is 42.9 Å². The Morgan fingerprint density at radius 2 is 1.56 bits per heavy atom. The van der Waals surface area contributed by atoms with E-state index < -0.39 is 69.8 Å². The van der Waals surface area contributed by atoms with E-state index in [9.17, 15) is 31.8 Å². The SMILES string of the molecule is CCOC(=O)C[C@H]1[C@@H](O)C(O)OC1(COS(C)(=O)=O)COS(C)(=O)=O. The van der Waals surface area contributed by atoms with Crippen LogP contribution in [0, 0.1) is 5.92 Å². The van der Waals surface area contributed by atoms with Crippen molar-refractivity contribution >= 4 is 26.2 Å². The minimum atomic E-state index is -3.97. The van der Waals surface area contributed by atoms with E-state index >= 15 is 0 Å². The third-order valence-corrected chi connectivity index (χ3v) is 4.55. The fourth-order valence-corrected chi connectivity index (χ4v) is 3.18. The predicted octanol–water partition coefficient (Wildman–Crippen LogP) is -2.04. The second kappa shape index (κ2) is 8.24. The molecule has 13 heteroatoms. The van der Waals surface area contributed by atoms with E-state index in [0.717, 1.165) is 12.5 Å². The molecule has 0 aliphatic carbocycles. The van der Waals surface area contributed by atoms with Gasteiger partial charge in [-0.2, -0.15) is 16.8 Å². The Balaban J connectivity index is 3.15. The third kappa shape index (κ3) is 6.77. The average Bonchev–Trinajstić information content (AvgIpc) is 2.67. The molecule has 2 N–H and O–H groups in total. The van der Waals surface area contributed by atoms with Gasteiger partial charge in [0.05, 0.1) is 38.8 Å². The highest BCUT2D eigenvalue weighted by atomic mass is 32.2. The fraction of sp³-hybridized carbons (Fsp3) is 0.917. The molecular formula is C12H22O11S2. The molecule has 0 amide bonds. The monoisotopic (exact) mass is 406 g/mol. The maximum absolute atomic E-state index is 11.8. The average molecular weight is 406 g/mol. The summed E-state index contributed by atoms with van der Waals surface area (Å²) >= 11 is 0. The van der Waals surface area contributed by atoms with Crippen molar-refractivity contribution in [1.29, 1.82) is 0 Å². The first kappa shape index (κ1) is 22.2. The van der Waals surface area contributed by atoms with Gasteiger partial charge >= 0.3 is 5.97 Å². The summed E-state index contributed by atoms with van der Waals surface area (Å²) in [6, 6.07) is 0. The zero-order chi connectivity index (χ0) is 19.5. The van der Waals surface area contributed by atoms with Crippen molar-refractivity contribution in [3.63, 3.8) is 0 Å². The molecular weight excluding hydrogens is 384 g/mol. The predicted molar refractivity (Wildman–Crippen MR) is 82.2 cm³/mol. The molecule has 0 bridgehead atoms. The van der Waals surface area contributed by atoms with Crippen molar-refractivity contribution in [3.05, 3.63) is 0 Å². The molecule has 1 saturated heterocycles.